The minimum absolute atomic E-state index is 0.00800. The molecule has 0 saturated carbocycles. The molecule has 1 heterocycles. The van der Waals surface area contributed by atoms with Crippen LogP contribution in [-0.4, -0.2) is 39.5 Å². The number of rotatable bonds is 9. The molecular weight excluding hydrogens is 384 g/mol. The fourth-order valence-corrected chi connectivity index (χ4v) is 3.58. The number of amides is 1. The summed E-state index contributed by atoms with van der Waals surface area (Å²) in [5, 5.41) is 10.5. The van der Waals surface area contributed by atoms with Crippen LogP contribution >= 0.6 is 11.8 Å². The van der Waals surface area contributed by atoms with E-state index in [2.05, 4.69) is 32.6 Å². The molecule has 0 aliphatic heterocycles. The molecule has 1 amide bonds. The van der Waals surface area contributed by atoms with E-state index in [4.69, 9.17) is 4.74 Å². The third-order valence-electron chi connectivity index (χ3n) is 4.58. The van der Waals surface area contributed by atoms with Crippen molar-refractivity contribution in [1.29, 1.82) is 0 Å². The molecule has 152 valence electrons. The van der Waals surface area contributed by atoms with E-state index in [1.807, 2.05) is 56.3 Å². The number of H-pyrrole nitrogens is 1. The van der Waals surface area contributed by atoms with E-state index in [1.165, 1.54) is 17.3 Å². The molecule has 29 heavy (non-hydrogen) atoms. The summed E-state index contributed by atoms with van der Waals surface area (Å²) in [5.41, 5.74) is 2.19. The second kappa shape index (κ2) is 10.1. The molecule has 0 spiro atoms. The van der Waals surface area contributed by atoms with Crippen molar-refractivity contribution in [2.45, 2.75) is 43.1 Å². The van der Waals surface area contributed by atoms with Gasteiger partial charge in [0, 0.05) is 11.6 Å². The van der Waals surface area contributed by atoms with E-state index in [-0.39, 0.29) is 17.2 Å². The van der Waals surface area contributed by atoms with Gasteiger partial charge in [-0.15, -0.1) is 5.10 Å². The SMILES string of the molecule is COc1ccc(-c2nc(S[C@H](C)C(=O)N[C@H](C)CCc3ccccc3)n[nH]2)cc1. The Bertz CT molecular complexity index is 912. The monoisotopic (exact) mass is 410 g/mol. The highest BCUT2D eigenvalue weighted by molar-refractivity contribution is 8.00. The molecule has 2 aromatic carbocycles. The van der Waals surface area contributed by atoms with Crippen LogP contribution in [0, 0.1) is 0 Å². The second-order valence-corrected chi connectivity index (χ2v) is 8.20. The highest BCUT2D eigenvalue weighted by Gasteiger charge is 2.19. The first-order valence-corrected chi connectivity index (χ1v) is 10.5. The van der Waals surface area contributed by atoms with Gasteiger partial charge in [0.2, 0.25) is 11.1 Å². The van der Waals surface area contributed by atoms with Crippen molar-refractivity contribution in [3.8, 4) is 17.1 Å². The van der Waals surface area contributed by atoms with E-state index in [0.29, 0.717) is 11.0 Å². The van der Waals surface area contributed by atoms with E-state index < -0.39 is 0 Å². The molecule has 0 bridgehead atoms. The van der Waals surface area contributed by atoms with Gasteiger partial charge in [-0.2, -0.15) is 0 Å². The Hall–Kier alpha value is -2.80. The van der Waals surface area contributed by atoms with Gasteiger partial charge in [0.05, 0.1) is 12.4 Å². The molecule has 2 atom stereocenters. The molecule has 0 aliphatic carbocycles. The number of hydrogen-bond donors (Lipinski definition) is 2. The zero-order valence-corrected chi connectivity index (χ0v) is 17.7. The summed E-state index contributed by atoms with van der Waals surface area (Å²) in [6, 6.07) is 18.0. The quantitative estimate of drug-likeness (QED) is 0.519. The summed E-state index contributed by atoms with van der Waals surface area (Å²) in [5.74, 6) is 1.44. The van der Waals surface area contributed by atoms with Crippen LogP contribution in [0.4, 0.5) is 0 Å². The van der Waals surface area contributed by atoms with Crippen LogP contribution in [0.3, 0.4) is 0 Å². The van der Waals surface area contributed by atoms with E-state index in [9.17, 15) is 4.79 Å². The Labute approximate surface area is 175 Å². The molecule has 0 unspecified atom stereocenters. The molecule has 3 rings (SSSR count). The summed E-state index contributed by atoms with van der Waals surface area (Å²) in [6.07, 6.45) is 1.84. The molecule has 2 N–H and O–H groups in total. The van der Waals surface area contributed by atoms with Gasteiger partial charge in [-0.25, -0.2) is 4.98 Å². The number of methoxy groups -OCH3 is 1. The van der Waals surface area contributed by atoms with Crippen LogP contribution in [0.25, 0.3) is 11.4 Å². The van der Waals surface area contributed by atoms with Crippen LogP contribution in [0.15, 0.2) is 59.8 Å². The smallest absolute Gasteiger partial charge is 0.233 e. The maximum Gasteiger partial charge on any atom is 0.233 e. The largest absolute Gasteiger partial charge is 0.497 e. The van der Waals surface area contributed by atoms with Crippen LogP contribution in [-0.2, 0) is 11.2 Å². The van der Waals surface area contributed by atoms with Gasteiger partial charge < -0.3 is 10.1 Å². The van der Waals surface area contributed by atoms with Crippen molar-refractivity contribution < 1.29 is 9.53 Å². The van der Waals surface area contributed by atoms with E-state index >= 15 is 0 Å². The number of aryl methyl sites for hydroxylation is 1. The Morgan fingerprint density at radius 1 is 1.14 bits per heavy atom. The maximum atomic E-state index is 12.5. The number of hydrogen-bond acceptors (Lipinski definition) is 5. The zero-order valence-electron chi connectivity index (χ0n) is 16.9. The van der Waals surface area contributed by atoms with Crippen LogP contribution in [0.1, 0.15) is 25.8 Å². The van der Waals surface area contributed by atoms with Gasteiger partial charge in [0.1, 0.15) is 5.75 Å². The van der Waals surface area contributed by atoms with Gasteiger partial charge in [0.25, 0.3) is 0 Å². The lowest BCUT2D eigenvalue weighted by Crippen LogP contribution is -2.37. The topological polar surface area (TPSA) is 79.9 Å². The van der Waals surface area contributed by atoms with Crippen molar-refractivity contribution in [2.75, 3.05) is 7.11 Å². The van der Waals surface area contributed by atoms with Gasteiger partial charge in [0.15, 0.2) is 5.82 Å². The van der Waals surface area contributed by atoms with Crippen molar-refractivity contribution in [1.82, 2.24) is 20.5 Å². The summed E-state index contributed by atoms with van der Waals surface area (Å²) in [7, 11) is 1.63. The predicted molar refractivity (Wildman–Crippen MR) is 116 cm³/mol. The van der Waals surface area contributed by atoms with Gasteiger partial charge >= 0.3 is 0 Å². The molecule has 1 aromatic heterocycles. The number of benzene rings is 2. The Kier molecular flexibility index (Phi) is 7.30. The summed E-state index contributed by atoms with van der Waals surface area (Å²) < 4.78 is 5.17. The minimum Gasteiger partial charge on any atom is -0.497 e. The molecule has 6 nitrogen and oxygen atoms in total. The highest BCUT2D eigenvalue weighted by Crippen LogP contribution is 2.24. The fraction of sp³-hybridized carbons (Fsp3) is 0.318. The Balaban J connectivity index is 1.49. The molecule has 0 aliphatic rings. The van der Waals surface area contributed by atoms with Crippen LogP contribution in [0.5, 0.6) is 5.75 Å². The van der Waals surface area contributed by atoms with Crippen molar-refractivity contribution in [3.05, 3.63) is 60.2 Å². The first-order valence-electron chi connectivity index (χ1n) is 9.63. The average Bonchev–Trinajstić information content (AvgIpc) is 3.21. The van der Waals surface area contributed by atoms with Gasteiger partial charge in [-0.3, -0.25) is 9.89 Å². The zero-order chi connectivity index (χ0) is 20.6. The molecule has 0 radical (unpaired) electrons. The van der Waals surface area contributed by atoms with E-state index in [0.717, 1.165) is 24.2 Å². The predicted octanol–water partition coefficient (Wildman–Crippen LogP) is 4.10. The van der Waals surface area contributed by atoms with Crippen molar-refractivity contribution in [2.24, 2.45) is 0 Å². The maximum absolute atomic E-state index is 12.5. The first kappa shape index (κ1) is 20.9. The first-order chi connectivity index (χ1) is 14.0. The lowest BCUT2D eigenvalue weighted by atomic mass is 10.1. The minimum atomic E-state index is -0.284. The molecular formula is C22H26N4O2S. The number of aromatic amines is 1. The third kappa shape index (κ3) is 6.09. The van der Waals surface area contributed by atoms with Crippen LogP contribution < -0.4 is 10.1 Å². The van der Waals surface area contributed by atoms with Gasteiger partial charge in [-0.1, -0.05) is 42.1 Å². The number of ether oxygens (including phenoxy) is 1. The second-order valence-electron chi connectivity index (χ2n) is 6.89. The van der Waals surface area contributed by atoms with E-state index in [1.54, 1.807) is 7.11 Å². The summed E-state index contributed by atoms with van der Waals surface area (Å²) in [4.78, 5) is 17.0. The molecule has 3 aromatic rings. The van der Waals surface area contributed by atoms with Crippen molar-refractivity contribution >= 4 is 17.7 Å². The molecule has 0 fully saturated rings. The number of nitrogens with one attached hydrogen (secondary N) is 2. The number of thioether (sulfide) groups is 1. The van der Waals surface area contributed by atoms with Crippen LogP contribution in [0.2, 0.25) is 0 Å². The number of carbonyl (C=O) groups is 1. The highest BCUT2D eigenvalue weighted by atomic mass is 32.2. The van der Waals surface area contributed by atoms with Crippen molar-refractivity contribution in [3.63, 3.8) is 0 Å². The standard InChI is InChI=1S/C22H26N4O2S/c1-15(9-10-17-7-5-4-6-8-17)23-21(27)16(2)29-22-24-20(25-26-22)18-11-13-19(28-3)14-12-18/h4-8,11-16H,9-10H2,1-3H3,(H,23,27)(H,24,25,26)/t15-,16-/m1/s1. The number of carbonyl (C=O) groups excluding carboxylic acids is 1. The fourth-order valence-electron chi connectivity index (χ4n) is 2.85. The normalized spacial score (nSPS) is 12.9. The summed E-state index contributed by atoms with van der Waals surface area (Å²) in [6.45, 7) is 3.90. The lowest BCUT2D eigenvalue weighted by molar-refractivity contribution is -0.120. The lowest BCUT2D eigenvalue weighted by Gasteiger charge is -2.16. The molecule has 7 heteroatoms. The average molecular weight is 411 g/mol. The number of nitrogens with zero attached hydrogens (tertiary/aromatic N) is 2. The Morgan fingerprint density at radius 2 is 1.86 bits per heavy atom. The van der Waals surface area contributed by atoms with Gasteiger partial charge in [-0.05, 0) is 56.5 Å². The number of aromatic nitrogens is 3. The Morgan fingerprint density at radius 3 is 2.55 bits per heavy atom. The molecule has 0 saturated heterocycles. The third-order valence-corrected chi connectivity index (χ3v) is 5.54. The summed E-state index contributed by atoms with van der Waals surface area (Å²) >= 11 is 1.34.